The Kier molecular flexibility index (Phi) is 5.11. The summed E-state index contributed by atoms with van der Waals surface area (Å²) in [7, 11) is 0. The third kappa shape index (κ3) is 3.79. The molecule has 2 nitrogen and oxygen atoms in total. The number of thioether (sulfide) groups is 1. The molecule has 0 radical (unpaired) electrons. The Balaban J connectivity index is 2.15. The van der Waals surface area contributed by atoms with Crippen molar-refractivity contribution in [2.24, 2.45) is 5.73 Å². The van der Waals surface area contributed by atoms with Crippen molar-refractivity contribution in [1.82, 2.24) is 0 Å². The SMILES string of the molecule is NC(CO)c1ccc(-c2ccc(SC(F)F)cc2)cc1. The lowest BCUT2D eigenvalue weighted by Crippen LogP contribution is -2.14. The molecule has 0 saturated heterocycles. The van der Waals surface area contributed by atoms with E-state index in [2.05, 4.69) is 0 Å². The van der Waals surface area contributed by atoms with Gasteiger partial charge in [-0.1, -0.05) is 48.2 Å². The molecule has 0 amide bonds. The summed E-state index contributed by atoms with van der Waals surface area (Å²) < 4.78 is 24.5. The summed E-state index contributed by atoms with van der Waals surface area (Å²) in [4.78, 5) is 0.544. The van der Waals surface area contributed by atoms with Crippen LogP contribution in [0.2, 0.25) is 0 Å². The highest BCUT2D eigenvalue weighted by Gasteiger charge is 2.07. The van der Waals surface area contributed by atoms with E-state index in [9.17, 15) is 8.78 Å². The third-order valence-electron chi connectivity index (χ3n) is 2.95. The molecule has 106 valence electrons. The van der Waals surface area contributed by atoms with Crippen LogP contribution in [0, 0.1) is 0 Å². The van der Waals surface area contributed by atoms with Crippen molar-refractivity contribution in [2.75, 3.05) is 6.61 Å². The zero-order chi connectivity index (χ0) is 14.5. The fraction of sp³-hybridized carbons (Fsp3) is 0.200. The van der Waals surface area contributed by atoms with Crippen LogP contribution < -0.4 is 5.73 Å². The van der Waals surface area contributed by atoms with E-state index in [-0.39, 0.29) is 12.6 Å². The van der Waals surface area contributed by atoms with Crippen molar-refractivity contribution < 1.29 is 13.9 Å². The van der Waals surface area contributed by atoms with Crippen LogP contribution in [0.25, 0.3) is 11.1 Å². The van der Waals surface area contributed by atoms with Gasteiger partial charge < -0.3 is 10.8 Å². The average molecular weight is 295 g/mol. The number of hydrogen-bond donors (Lipinski definition) is 2. The fourth-order valence-electron chi connectivity index (χ4n) is 1.86. The molecular formula is C15H15F2NOS. The number of aliphatic hydroxyl groups is 1. The van der Waals surface area contributed by atoms with Crippen LogP contribution in [0.4, 0.5) is 8.78 Å². The van der Waals surface area contributed by atoms with Crippen LogP contribution in [-0.4, -0.2) is 17.5 Å². The number of halogens is 2. The van der Waals surface area contributed by atoms with Gasteiger partial charge in [0.1, 0.15) is 0 Å². The second-order valence-corrected chi connectivity index (χ2v) is 5.38. The van der Waals surface area contributed by atoms with Gasteiger partial charge >= 0.3 is 0 Å². The molecule has 0 aliphatic carbocycles. The van der Waals surface area contributed by atoms with Gasteiger partial charge in [-0.2, -0.15) is 8.78 Å². The number of hydrogen-bond acceptors (Lipinski definition) is 3. The molecule has 2 aromatic rings. The van der Waals surface area contributed by atoms with Gasteiger partial charge in [0.05, 0.1) is 12.6 Å². The first-order valence-electron chi connectivity index (χ1n) is 6.12. The topological polar surface area (TPSA) is 46.2 Å². The number of alkyl halides is 2. The second kappa shape index (κ2) is 6.83. The molecule has 0 heterocycles. The minimum absolute atomic E-state index is 0.0983. The number of nitrogens with two attached hydrogens (primary N) is 1. The van der Waals surface area contributed by atoms with Crippen molar-refractivity contribution in [3.8, 4) is 11.1 Å². The van der Waals surface area contributed by atoms with Crippen LogP contribution in [0.15, 0.2) is 53.4 Å². The summed E-state index contributed by atoms with van der Waals surface area (Å²) in [6, 6.07) is 14.1. The largest absolute Gasteiger partial charge is 0.394 e. The normalized spacial score (nSPS) is 12.7. The van der Waals surface area contributed by atoms with Crippen LogP contribution in [0.3, 0.4) is 0 Å². The van der Waals surface area contributed by atoms with Crippen molar-refractivity contribution in [3.63, 3.8) is 0 Å². The van der Waals surface area contributed by atoms with Crippen molar-refractivity contribution >= 4 is 11.8 Å². The molecule has 0 spiro atoms. The Morgan fingerprint density at radius 2 is 1.45 bits per heavy atom. The van der Waals surface area contributed by atoms with Gasteiger partial charge in [0.15, 0.2) is 0 Å². The van der Waals surface area contributed by atoms with Gasteiger partial charge in [-0.25, -0.2) is 0 Å². The van der Waals surface area contributed by atoms with Crippen LogP contribution >= 0.6 is 11.8 Å². The molecule has 1 atom stereocenters. The van der Waals surface area contributed by atoms with Crippen LogP contribution in [0.5, 0.6) is 0 Å². The van der Waals surface area contributed by atoms with Crippen molar-refractivity contribution in [3.05, 3.63) is 54.1 Å². The predicted molar refractivity (Wildman–Crippen MR) is 77.8 cm³/mol. The lowest BCUT2D eigenvalue weighted by Gasteiger charge is -2.09. The van der Waals surface area contributed by atoms with Crippen molar-refractivity contribution in [1.29, 1.82) is 0 Å². The zero-order valence-electron chi connectivity index (χ0n) is 10.7. The third-order valence-corrected chi connectivity index (χ3v) is 3.67. The standard InChI is InChI=1S/C15H15F2NOS/c16-15(17)20-13-7-5-11(6-8-13)10-1-3-12(4-2-10)14(18)9-19/h1-8,14-15,19H,9,18H2. The summed E-state index contributed by atoms with van der Waals surface area (Å²) in [6.07, 6.45) is 0. The summed E-state index contributed by atoms with van der Waals surface area (Å²) in [5.74, 6) is -2.40. The molecule has 1 unspecified atom stereocenters. The van der Waals surface area contributed by atoms with Crippen LogP contribution in [-0.2, 0) is 0 Å². The number of rotatable bonds is 5. The van der Waals surface area contributed by atoms with Crippen LogP contribution in [0.1, 0.15) is 11.6 Å². The van der Waals surface area contributed by atoms with Crippen molar-refractivity contribution in [2.45, 2.75) is 16.7 Å². The molecule has 20 heavy (non-hydrogen) atoms. The molecule has 2 aromatic carbocycles. The van der Waals surface area contributed by atoms with E-state index in [4.69, 9.17) is 10.8 Å². The van der Waals surface area contributed by atoms with Gasteiger partial charge in [-0.3, -0.25) is 0 Å². The van der Waals surface area contributed by atoms with E-state index in [1.807, 2.05) is 36.4 Å². The molecule has 0 fully saturated rings. The minimum atomic E-state index is -2.40. The minimum Gasteiger partial charge on any atom is -0.394 e. The van der Waals surface area contributed by atoms with E-state index in [0.717, 1.165) is 16.7 Å². The van der Waals surface area contributed by atoms with Gasteiger partial charge in [0, 0.05) is 4.90 Å². The Morgan fingerprint density at radius 1 is 0.950 bits per heavy atom. The predicted octanol–water partition coefficient (Wildman–Crippen LogP) is 3.66. The summed E-state index contributed by atoms with van der Waals surface area (Å²) in [6.45, 7) is -0.0983. The van der Waals surface area contributed by atoms with Gasteiger partial charge in [-0.15, -0.1) is 0 Å². The highest BCUT2D eigenvalue weighted by Crippen LogP contribution is 2.28. The van der Waals surface area contributed by atoms with E-state index < -0.39 is 5.76 Å². The Hall–Kier alpha value is -1.43. The Bertz CT molecular complexity index is 543. The Morgan fingerprint density at radius 3 is 1.90 bits per heavy atom. The molecule has 0 aliphatic heterocycles. The Labute approximate surface area is 120 Å². The van der Waals surface area contributed by atoms with E-state index in [1.165, 1.54) is 0 Å². The second-order valence-electron chi connectivity index (χ2n) is 4.31. The smallest absolute Gasteiger partial charge is 0.288 e. The highest BCUT2D eigenvalue weighted by molar-refractivity contribution is 7.99. The monoisotopic (exact) mass is 295 g/mol. The van der Waals surface area contributed by atoms with E-state index in [0.29, 0.717) is 16.7 Å². The molecular weight excluding hydrogens is 280 g/mol. The number of benzene rings is 2. The first-order chi connectivity index (χ1) is 9.60. The molecule has 0 aliphatic rings. The molecule has 0 saturated carbocycles. The average Bonchev–Trinajstić information content (AvgIpc) is 2.47. The fourth-order valence-corrected chi connectivity index (χ4v) is 2.36. The van der Waals surface area contributed by atoms with Gasteiger partial charge in [0.2, 0.25) is 0 Å². The summed E-state index contributed by atoms with van der Waals surface area (Å²) >= 11 is 0.534. The molecule has 0 bridgehead atoms. The van der Waals surface area contributed by atoms with E-state index in [1.54, 1.807) is 12.1 Å². The highest BCUT2D eigenvalue weighted by atomic mass is 32.2. The summed E-state index contributed by atoms with van der Waals surface area (Å²) in [5, 5.41) is 8.99. The molecule has 3 N–H and O–H groups in total. The van der Waals surface area contributed by atoms with Gasteiger partial charge in [-0.05, 0) is 28.8 Å². The lowest BCUT2D eigenvalue weighted by molar-refractivity contribution is 0.252. The maximum absolute atomic E-state index is 12.2. The number of aliphatic hydroxyl groups excluding tert-OH is 1. The quantitative estimate of drug-likeness (QED) is 0.828. The summed E-state index contributed by atoms with van der Waals surface area (Å²) in [5.41, 5.74) is 8.52. The van der Waals surface area contributed by atoms with Gasteiger partial charge in [0.25, 0.3) is 5.76 Å². The first kappa shape index (κ1) is 15.0. The molecule has 0 aromatic heterocycles. The lowest BCUT2D eigenvalue weighted by atomic mass is 10.0. The van der Waals surface area contributed by atoms with E-state index >= 15 is 0 Å². The first-order valence-corrected chi connectivity index (χ1v) is 7.00. The zero-order valence-corrected chi connectivity index (χ0v) is 11.5. The molecule has 2 rings (SSSR count). The maximum atomic E-state index is 12.2. The maximum Gasteiger partial charge on any atom is 0.288 e. The molecule has 5 heteroatoms.